The smallest absolute Gasteiger partial charge is 0.255 e. The minimum atomic E-state index is -4.41. The highest BCUT2D eigenvalue weighted by Gasteiger charge is 2.33. The molecular weight excluding hydrogens is 503 g/mol. The van der Waals surface area contributed by atoms with Crippen molar-refractivity contribution < 1.29 is 13.2 Å². The number of rotatable bonds is 4. The number of benzene rings is 4. The molecule has 0 amide bonds. The number of hydrogen-bond donors (Lipinski definition) is 0. The van der Waals surface area contributed by atoms with Gasteiger partial charge >= 0.3 is 6.18 Å². The number of aromatic nitrogens is 1. The molecule has 0 bridgehead atoms. The van der Waals surface area contributed by atoms with Crippen molar-refractivity contribution in [3.63, 3.8) is 0 Å². The Balaban J connectivity index is 1.56. The summed E-state index contributed by atoms with van der Waals surface area (Å²) in [7, 11) is -1.81. The zero-order valence-corrected chi connectivity index (χ0v) is 22.3. The van der Waals surface area contributed by atoms with Gasteiger partial charge in [0.2, 0.25) is 0 Å². The number of thiophene rings is 1. The number of hydrogen-bond acceptors (Lipinski definition) is 2. The normalized spacial score (nSPS) is 12.6. The Labute approximate surface area is 218 Å². The minimum absolute atomic E-state index is 0.262. The van der Waals surface area contributed by atoms with E-state index in [4.69, 9.17) is 4.98 Å². The van der Waals surface area contributed by atoms with Crippen LogP contribution in [0.1, 0.15) is 11.1 Å². The van der Waals surface area contributed by atoms with E-state index in [1.165, 1.54) is 33.5 Å². The van der Waals surface area contributed by atoms with Crippen LogP contribution in [-0.2, 0) is 12.2 Å². The molecule has 1 nitrogen and oxygen atoms in total. The first kappa shape index (κ1) is 23.9. The van der Waals surface area contributed by atoms with Gasteiger partial charge in [-0.25, -0.2) is 0 Å². The van der Waals surface area contributed by atoms with Gasteiger partial charge in [0, 0.05) is 27.2 Å². The number of nitrogens with zero attached hydrogens (tertiary/aromatic N) is 1. The zero-order chi connectivity index (χ0) is 25.8. The number of halogens is 3. The van der Waals surface area contributed by atoms with Gasteiger partial charge in [0.25, 0.3) is 0 Å². The van der Waals surface area contributed by atoms with Gasteiger partial charge in [0.15, 0.2) is 0 Å². The van der Waals surface area contributed by atoms with Crippen LogP contribution >= 0.6 is 11.3 Å². The van der Waals surface area contributed by atoms with Crippen molar-refractivity contribution in [3.05, 3.63) is 108 Å². The van der Waals surface area contributed by atoms with Crippen LogP contribution in [0, 0.1) is 0 Å². The third kappa shape index (κ3) is 4.24. The summed E-state index contributed by atoms with van der Waals surface area (Å²) in [5, 5.41) is 5.16. The first-order valence-corrected chi connectivity index (χ1v) is 16.2. The van der Waals surface area contributed by atoms with Crippen LogP contribution in [0.25, 0.3) is 42.2 Å². The lowest BCUT2D eigenvalue weighted by Crippen LogP contribution is -2.43. The lowest BCUT2D eigenvalue weighted by atomic mass is 9.99. The Hall–Kier alpha value is -3.48. The highest BCUT2D eigenvalue weighted by molar-refractivity contribution is 7.26. The topological polar surface area (TPSA) is 12.9 Å². The summed E-state index contributed by atoms with van der Waals surface area (Å²) in [6.45, 7) is 4.76. The molecule has 2 heterocycles. The minimum Gasteiger partial charge on any atom is -0.255 e. The van der Waals surface area contributed by atoms with E-state index in [0.29, 0.717) is 5.39 Å². The summed E-state index contributed by atoms with van der Waals surface area (Å²) in [6.07, 6.45) is -2.70. The van der Waals surface area contributed by atoms with E-state index >= 15 is 0 Å². The molecule has 0 aliphatic carbocycles. The predicted octanol–water partition coefficient (Wildman–Crippen LogP) is 8.99. The molecular formula is C31H24F3NSSi. The Morgan fingerprint density at radius 2 is 1.46 bits per heavy atom. The van der Waals surface area contributed by atoms with Crippen molar-refractivity contribution in [1.82, 2.24) is 4.98 Å². The number of pyridine rings is 1. The van der Waals surface area contributed by atoms with Gasteiger partial charge < -0.3 is 0 Å². The largest absolute Gasteiger partial charge is 0.417 e. The van der Waals surface area contributed by atoms with E-state index in [2.05, 4.69) is 67.7 Å². The van der Waals surface area contributed by atoms with Gasteiger partial charge in [-0.2, -0.15) is 13.2 Å². The third-order valence-corrected chi connectivity index (χ3v) is 11.6. The molecule has 37 heavy (non-hydrogen) atoms. The van der Waals surface area contributed by atoms with Crippen LogP contribution in [0.2, 0.25) is 13.1 Å². The fourth-order valence-electron chi connectivity index (χ4n) is 5.29. The molecule has 0 aliphatic rings. The monoisotopic (exact) mass is 527 g/mol. The van der Waals surface area contributed by atoms with E-state index in [1.807, 2.05) is 18.2 Å². The highest BCUT2D eigenvalue weighted by Crippen LogP contribution is 2.44. The first-order valence-electron chi connectivity index (χ1n) is 12.2. The van der Waals surface area contributed by atoms with E-state index in [1.54, 1.807) is 12.3 Å². The van der Waals surface area contributed by atoms with Gasteiger partial charge in [-0.05, 0) is 46.6 Å². The van der Waals surface area contributed by atoms with Crippen molar-refractivity contribution in [2.45, 2.75) is 25.3 Å². The van der Waals surface area contributed by atoms with Crippen molar-refractivity contribution in [2.75, 3.05) is 0 Å². The molecule has 0 aliphatic heterocycles. The summed E-state index contributed by atoms with van der Waals surface area (Å²) in [6, 6.07) is 30.5. The Morgan fingerprint density at radius 1 is 0.757 bits per heavy atom. The fourth-order valence-corrected chi connectivity index (χ4v) is 9.18. The zero-order valence-electron chi connectivity index (χ0n) is 20.4. The van der Waals surface area contributed by atoms with Crippen LogP contribution in [0.15, 0.2) is 97.2 Å². The first-order chi connectivity index (χ1) is 17.7. The second-order valence-corrected chi connectivity index (χ2v) is 15.8. The van der Waals surface area contributed by atoms with Crippen molar-refractivity contribution in [1.29, 1.82) is 0 Å². The molecule has 2 aromatic heterocycles. The molecule has 0 atom stereocenters. The maximum Gasteiger partial charge on any atom is 0.417 e. The summed E-state index contributed by atoms with van der Waals surface area (Å²) in [5.41, 5.74) is 2.34. The average molecular weight is 528 g/mol. The number of alkyl halides is 3. The standard InChI is InChI=1S/C31H24F3NSSi/c1-37(2,23-10-4-3-5-11-23)19-22-18-21(17-20-9-6-7-12-24(20)22)28-30-26(15-16-35-28)25-13-8-14-27(29(25)36-30)31(32,33)34/h3-18H,19H2,1-2H3. The Bertz CT molecular complexity index is 1770. The third-order valence-electron chi connectivity index (χ3n) is 7.13. The lowest BCUT2D eigenvalue weighted by Gasteiger charge is -2.24. The van der Waals surface area contributed by atoms with E-state index in [-0.39, 0.29) is 4.70 Å². The van der Waals surface area contributed by atoms with Crippen LogP contribution in [-0.4, -0.2) is 13.1 Å². The van der Waals surface area contributed by atoms with Crippen LogP contribution in [0.5, 0.6) is 0 Å². The van der Waals surface area contributed by atoms with Crippen LogP contribution in [0.3, 0.4) is 0 Å². The van der Waals surface area contributed by atoms with Gasteiger partial charge in [-0.1, -0.05) is 85.0 Å². The highest BCUT2D eigenvalue weighted by atomic mass is 32.1. The second-order valence-electron chi connectivity index (χ2n) is 10.1. The lowest BCUT2D eigenvalue weighted by molar-refractivity contribution is -0.136. The predicted molar refractivity (Wildman–Crippen MR) is 152 cm³/mol. The second kappa shape index (κ2) is 8.82. The molecule has 0 fully saturated rings. The summed E-state index contributed by atoms with van der Waals surface area (Å²) in [4.78, 5) is 4.71. The summed E-state index contributed by atoms with van der Waals surface area (Å²) in [5.74, 6) is 0. The summed E-state index contributed by atoms with van der Waals surface area (Å²) >= 11 is 1.18. The molecule has 0 saturated heterocycles. The van der Waals surface area contributed by atoms with E-state index in [9.17, 15) is 13.2 Å². The van der Waals surface area contributed by atoms with Gasteiger partial charge in [0.05, 0.1) is 24.0 Å². The van der Waals surface area contributed by atoms with Gasteiger partial charge in [0.1, 0.15) is 0 Å². The van der Waals surface area contributed by atoms with Gasteiger partial charge in [-0.15, -0.1) is 11.3 Å². The maximum atomic E-state index is 13.8. The Kier molecular flexibility index (Phi) is 5.69. The molecule has 184 valence electrons. The average Bonchev–Trinajstić information content (AvgIpc) is 3.27. The molecule has 6 aromatic rings. The maximum absolute atomic E-state index is 13.8. The van der Waals surface area contributed by atoms with Crippen molar-refractivity contribution in [2.24, 2.45) is 0 Å². The summed E-state index contributed by atoms with van der Waals surface area (Å²) < 4.78 is 42.4. The molecule has 0 unspecified atom stereocenters. The van der Waals surface area contributed by atoms with Crippen LogP contribution < -0.4 is 5.19 Å². The molecule has 0 spiro atoms. The fraction of sp³-hybridized carbons (Fsp3) is 0.129. The van der Waals surface area contributed by atoms with Crippen molar-refractivity contribution in [3.8, 4) is 11.3 Å². The van der Waals surface area contributed by atoms with Crippen molar-refractivity contribution >= 4 is 55.5 Å². The van der Waals surface area contributed by atoms with Gasteiger partial charge in [-0.3, -0.25) is 4.98 Å². The number of fused-ring (bicyclic) bond motifs is 4. The molecule has 6 heteroatoms. The SMILES string of the molecule is C[Si](C)(Cc1cc(-c2nccc3c2sc2c(C(F)(F)F)cccc23)cc2ccccc12)c1ccccc1. The quantitative estimate of drug-likeness (QED) is 0.209. The molecule has 4 aromatic carbocycles. The molecule has 0 saturated carbocycles. The molecule has 6 rings (SSSR count). The van der Waals surface area contributed by atoms with E-state index < -0.39 is 19.8 Å². The molecule has 0 radical (unpaired) electrons. The molecule has 0 N–H and O–H groups in total. The van der Waals surface area contributed by atoms with E-state index in [0.717, 1.165) is 38.8 Å². The Morgan fingerprint density at radius 3 is 2.24 bits per heavy atom. The van der Waals surface area contributed by atoms with Crippen LogP contribution in [0.4, 0.5) is 13.2 Å².